The summed E-state index contributed by atoms with van der Waals surface area (Å²) in [6, 6.07) is 18.3. The fourth-order valence-electron chi connectivity index (χ4n) is 5.08. The maximum atomic E-state index is 14.0. The monoisotopic (exact) mass is 755 g/mol. The van der Waals surface area contributed by atoms with Gasteiger partial charge in [0.1, 0.15) is 17.4 Å². The van der Waals surface area contributed by atoms with Gasteiger partial charge in [0.2, 0.25) is 0 Å². The molecule has 1 aromatic heterocycles. The average Bonchev–Trinajstić information content (AvgIpc) is 3.04. The average molecular weight is 758 g/mol. The molecule has 0 bridgehead atoms. The summed E-state index contributed by atoms with van der Waals surface area (Å²) in [7, 11) is 0. The van der Waals surface area contributed by atoms with Crippen molar-refractivity contribution in [3.8, 4) is 28.6 Å². The van der Waals surface area contributed by atoms with Crippen molar-refractivity contribution in [2.24, 2.45) is 5.10 Å². The predicted octanol–water partition coefficient (Wildman–Crippen LogP) is 10.5. The smallest absolute Gasteiger partial charge is 0.282 e. The molecule has 0 spiro atoms. The predicted molar refractivity (Wildman–Crippen MR) is 196 cm³/mol. The second kappa shape index (κ2) is 15.1. The number of hydrogen-bond donors (Lipinski definition) is 0. The molecule has 0 N–H and O–H groups in total. The Bertz CT molecular complexity index is 2050. The number of ether oxygens (including phenoxy) is 3. The Morgan fingerprint density at radius 2 is 1.66 bits per heavy atom. The first-order valence-electron chi connectivity index (χ1n) is 15.1. The number of para-hydroxylation sites is 1. The first kappa shape index (κ1) is 34.8. The first-order valence-corrected chi connectivity index (χ1v) is 17.0. The minimum atomic E-state index is -0.310. The zero-order chi connectivity index (χ0) is 33.8. The third-order valence-corrected chi connectivity index (χ3v) is 9.59. The van der Waals surface area contributed by atoms with Crippen molar-refractivity contribution in [1.82, 2.24) is 9.66 Å². The zero-order valence-electron chi connectivity index (χ0n) is 26.5. The Labute approximate surface area is 297 Å². The number of benzene rings is 4. The van der Waals surface area contributed by atoms with Crippen molar-refractivity contribution < 1.29 is 14.2 Å². The number of nitrogens with zero attached hydrogens (tertiary/aromatic N) is 3. The summed E-state index contributed by atoms with van der Waals surface area (Å²) in [6.07, 6.45) is 1.55. The largest absolute Gasteiger partial charge is 0.494 e. The number of fused-ring (bicyclic) bond motifs is 1. The number of halogens is 4. The van der Waals surface area contributed by atoms with Crippen LogP contribution in [-0.4, -0.2) is 29.1 Å². The van der Waals surface area contributed by atoms with E-state index < -0.39 is 0 Å². The minimum absolute atomic E-state index is 0.174. The second-order valence-corrected chi connectivity index (χ2v) is 13.0. The minimum Gasteiger partial charge on any atom is -0.494 e. The molecule has 0 saturated heterocycles. The number of rotatable bonds is 11. The summed E-state index contributed by atoms with van der Waals surface area (Å²) in [5.74, 6) is 2.15. The summed E-state index contributed by atoms with van der Waals surface area (Å²) in [4.78, 5) is 18.9. The lowest BCUT2D eigenvalue weighted by Crippen LogP contribution is -2.21. The van der Waals surface area contributed by atoms with Gasteiger partial charge in [0.05, 0.1) is 40.4 Å². The molecule has 4 aromatic carbocycles. The number of hydrogen-bond acceptors (Lipinski definition) is 6. The van der Waals surface area contributed by atoms with Gasteiger partial charge in [0.25, 0.3) is 5.56 Å². The summed E-state index contributed by atoms with van der Waals surface area (Å²) in [6.45, 7) is 11.1. The van der Waals surface area contributed by atoms with Crippen LogP contribution in [0.4, 0.5) is 0 Å². The van der Waals surface area contributed by atoms with Crippen LogP contribution in [0.25, 0.3) is 22.3 Å². The van der Waals surface area contributed by atoms with Crippen LogP contribution in [0.3, 0.4) is 0 Å². The van der Waals surface area contributed by atoms with E-state index in [1.807, 2.05) is 51.1 Å². The first-order chi connectivity index (χ1) is 22.5. The van der Waals surface area contributed by atoms with Crippen LogP contribution < -0.4 is 19.8 Å². The molecule has 7 nitrogen and oxygen atoms in total. The van der Waals surface area contributed by atoms with Gasteiger partial charge in [-0.05, 0) is 102 Å². The van der Waals surface area contributed by atoms with Crippen LogP contribution in [0.2, 0.25) is 15.1 Å². The highest BCUT2D eigenvalue weighted by atomic mass is 79.9. The molecule has 5 rings (SSSR count). The van der Waals surface area contributed by atoms with Crippen molar-refractivity contribution in [3.63, 3.8) is 0 Å². The number of aryl methyl sites for hydroxylation is 1. The van der Waals surface area contributed by atoms with Gasteiger partial charge in [0.15, 0.2) is 17.3 Å². The van der Waals surface area contributed by atoms with Crippen molar-refractivity contribution in [3.05, 3.63) is 113 Å². The standard InChI is InChI=1S/C36H33BrCl3N3O4/c1-6-45-30-14-21(5)26(17-25(30)20(3)4)35-42-29-11-9-8-10-24(29)36(44)43(35)41-18-23-16-31(46-7-2)34(33(40)32(23)37)47-19-22-12-13-27(38)28(39)15-22/h8-18,20H,6-7,19H2,1-5H3. The van der Waals surface area contributed by atoms with Crippen molar-refractivity contribution in [1.29, 1.82) is 0 Å². The quantitative estimate of drug-likeness (QED) is 0.125. The third kappa shape index (κ3) is 7.46. The van der Waals surface area contributed by atoms with E-state index in [0.717, 1.165) is 28.0 Å². The SMILES string of the molecule is CCOc1cc(C)c(-c2nc3ccccc3c(=O)n2N=Cc2cc(OCC)c(OCc3ccc(Cl)c(Cl)c3)c(Cl)c2Br)cc1C(C)C. The van der Waals surface area contributed by atoms with Crippen LogP contribution in [0.1, 0.15) is 55.9 Å². The highest BCUT2D eigenvalue weighted by Gasteiger charge is 2.21. The van der Waals surface area contributed by atoms with Crippen LogP contribution in [0, 0.1) is 6.92 Å². The van der Waals surface area contributed by atoms with Gasteiger partial charge < -0.3 is 14.2 Å². The third-order valence-electron chi connectivity index (χ3n) is 7.41. The van der Waals surface area contributed by atoms with Crippen LogP contribution in [0.5, 0.6) is 17.2 Å². The van der Waals surface area contributed by atoms with Gasteiger partial charge >= 0.3 is 0 Å². The summed E-state index contributed by atoms with van der Waals surface area (Å²) < 4.78 is 19.8. The summed E-state index contributed by atoms with van der Waals surface area (Å²) in [5, 5.41) is 6.30. The lowest BCUT2D eigenvalue weighted by atomic mass is 9.96. The Morgan fingerprint density at radius 1 is 0.936 bits per heavy atom. The Hall–Kier alpha value is -3.56. The van der Waals surface area contributed by atoms with E-state index in [0.29, 0.717) is 61.5 Å². The van der Waals surface area contributed by atoms with Gasteiger partial charge in [0, 0.05) is 15.6 Å². The summed E-state index contributed by atoms with van der Waals surface area (Å²) in [5.41, 5.74) is 4.32. The molecule has 0 unspecified atom stereocenters. The van der Waals surface area contributed by atoms with Gasteiger partial charge in [-0.2, -0.15) is 9.78 Å². The topological polar surface area (TPSA) is 74.9 Å². The van der Waals surface area contributed by atoms with Gasteiger partial charge in [-0.15, -0.1) is 0 Å². The molecule has 47 heavy (non-hydrogen) atoms. The lowest BCUT2D eigenvalue weighted by molar-refractivity contribution is 0.269. The molecule has 11 heteroatoms. The van der Waals surface area contributed by atoms with Crippen molar-refractivity contribution >= 4 is 67.9 Å². The highest BCUT2D eigenvalue weighted by Crippen LogP contribution is 2.43. The van der Waals surface area contributed by atoms with E-state index in [1.165, 1.54) is 4.68 Å². The van der Waals surface area contributed by atoms with Gasteiger partial charge in [-0.25, -0.2) is 4.98 Å². The molecule has 0 fully saturated rings. The molecule has 0 atom stereocenters. The van der Waals surface area contributed by atoms with Gasteiger partial charge in [-0.3, -0.25) is 4.79 Å². The van der Waals surface area contributed by atoms with Crippen molar-refractivity contribution in [2.75, 3.05) is 13.2 Å². The fourth-order valence-corrected chi connectivity index (χ4v) is 6.05. The summed E-state index contributed by atoms with van der Waals surface area (Å²) >= 11 is 22.7. The van der Waals surface area contributed by atoms with E-state index in [-0.39, 0.29) is 23.1 Å². The molecule has 1 heterocycles. The Balaban J connectivity index is 1.62. The molecule has 5 aromatic rings. The highest BCUT2D eigenvalue weighted by molar-refractivity contribution is 9.10. The maximum Gasteiger partial charge on any atom is 0.282 e. The maximum absolute atomic E-state index is 14.0. The second-order valence-electron chi connectivity index (χ2n) is 11.0. The molecule has 0 aliphatic carbocycles. The lowest BCUT2D eigenvalue weighted by Gasteiger charge is -2.18. The Morgan fingerprint density at radius 3 is 2.36 bits per heavy atom. The van der Waals surface area contributed by atoms with E-state index in [4.69, 9.17) is 59.1 Å². The Kier molecular flexibility index (Phi) is 11.2. The fraction of sp³-hybridized carbons (Fsp3) is 0.250. The normalized spacial score (nSPS) is 11.5. The number of aromatic nitrogens is 2. The van der Waals surface area contributed by atoms with E-state index in [2.05, 4.69) is 29.8 Å². The molecular formula is C36H33BrCl3N3O4. The molecular weight excluding hydrogens is 725 g/mol. The molecule has 0 radical (unpaired) electrons. The molecule has 244 valence electrons. The molecule has 0 saturated carbocycles. The van der Waals surface area contributed by atoms with Crippen LogP contribution in [0.15, 0.2) is 75.0 Å². The van der Waals surface area contributed by atoms with E-state index in [9.17, 15) is 4.79 Å². The molecule has 0 aliphatic rings. The van der Waals surface area contributed by atoms with Crippen LogP contribution in [-0.2, 0) is 6.61 Å². The molecule has 0 amide bonds. The van der Waals surface area contributed by atoms with E-state index in [1.54, 1.807) is 36.5 Å². The molecule has 0 aliphatic heterocycles. The zero-order valence-corrected chi connectivity index (χ0v) is 30.4. The van der Waals surface area contributed by atoms with E-state index >= 15 is 0 Å². The van der Waals surface area contributed by atoms with Gasteiger partial charge in [-0.1, -0.05) is 66.8 Å². The van der Waals surface area contributed by atoms with Crippen molar-refractivity contribution in [2.45, 2.75) is 47.1 Å². The van der Waals surface area contributed by atoms with Crippen LogP contribution >= 0.6 is 50.7 Å².